The molecule has 4 rings (SSSR count). The molecule has 0 atom stereocenters. The van der Waals surface area contributed by atoms with Gasteiger partial charge in [0.05, 0.1) is 16.0 Å². The van der Waals surface area contributed by atoms with Gasteiger partial charge in [0, 0.05) is 10.6 Å². The highest BCUT2D eigenvalue weighted by Gasteiger charge is 2.22. The van der Waals surface area contributed by atoms with Crippen LogP contribution in [0.25, 0.3) is 22.3 Å². The van der Waals surface area contributed by atoms with Gasteiger partial charge in [-0.1, -0.05) is 47.5 Å². The van der Waals surface area contributed by atoms with Gasteiger partial charge >= 0.3 is 5.97 Å². The van der Waals surface area contributed by atoms with Gasteiger partial charge in [0.1, 0.15) is 5.58 Å². The first-order valence-corrected chi connectivity index (χ1v) is 9.08. The fourth-order valence-electron chi connectivity index (χ4n) is 2.78. The largest absolute Gasteiger partial charge is 0.452 e. The quantitative estimate of drug-likeness (QED) is 0.389. The summed E-state index contributed by atoms with van der Waals surface area (Å²) in [5.41, 5.74) is 0.634. The van der Waals surface area contributed by atoms with E-state index in [2.05, 4.69) is 0 Å². The second-order valence-corrected chi connectivity index (χ2v) is 6.81. The summed E-state index contributed by atoms with van der Waals surface area (Å²) >= 11 is 12.0. The van der Waals surface area contributed by atoms with Gasteiger partial charge in [0.15, 0.2) is 5.76 Å². The van der Waals surface area contributed by atoms with Crippen LogP contribution in [0.3, 0.4) is 0 Å². The van der Waals surface area contributed by atoms with Crippen molar-refractivity contribution < 1.29 is 13.9 Å². The molecule has 138 valence electrons. The van der Waals surface area contributed by atoms with Crippen molar-refractivity contribution in [3.8, 4) is 17.1 Å². The number of halogens is 2. The number of carbonyl (C=O) groups excluding carboxylic acids is 1. The van der Waals surface area contributed by atoms with Gasteiger partial charge in [-0.3, -0.25) is 4.79 Å². The molecule has 6 heteroatoms. The van der Waals surface area contributed by atoms with E-state index in [0.717, 1.165) is 0 Å². The normalized spacial score (nSPS) is 10.8. The second kappa shape index (κ2) is 7.50. The lowest BCUT2D eigenvalue weighted by Gasteiger charge is -2.11. The number of para-hydroxylation sites is 1. The number of ether oxygens (including phenoxy) is 1. The molecule has 0 aliphatic rings. The molecule has 0 fully saturated rings. The molecule has 0 aliphatic carbocycles. The second-order valence-electron chi connectivity index (χ2n) is 5.96. The van der Waals surface area contributed by atoms with Crippen molar-refractivity contribution in [2.24, 2.45) is 0 Å². The van der Waals surface area contributed by atoms with E-state index in [4.69, 9.17) is 32.4 Å². The molecule has 3 aromatic carbocycles. The van der Waals surface area contributed by atoms with Crippen LogP contribution in [0.2, 0.25) is 10.0 Å². The van der Waals surface area contributed by atoms with Crippen LogP contribution in [0.5, 0.6) is 5.75 Å². The van der Waals surface area contributed by atoms with Crippen LogP contribution >= 0.6 is 23.2 Å². The van der Waals surface area contributed by atoms with Crippen molar-refractivity contribution in [2.45, 2.75) is 0 Å². The Labute approximate surface area is 169 Å². The third kappa shape index (κ3) is 3.40. The fraction of sp³-hybridized carbons (Fsp3) is 0. The number of fused-ring (bicyclic) bond motifs is 1. The minimum atomic E-state index is -0.747. The molecule has 4 nitrogen and oxygen atoms in total. The van der Waals surface area contributed by atoms with Crippen molar-refractivity contribution in [1.82, 2.24) is 0 Å². The van der Waals surface area contributed by atoms with E-state index in [9.17, 15) is 9.59 Å². The SMILES string of the molecule is O=C(Oc1c(-c2ccc(Cl)cc2)oc2ccccc2c1=O)c1ccccc1Cl. The summed E-state index contributed by atoms with van der Waals surface area (Å²) in [6, 6.07) is 19.9. The number of carbonyl (C=O) groups is 1. The number of hydrogen-bond donors (Lipinski definition) is 0. The summed E-state index contributed by atoms with van der Waals surface area (Å²) in [5, 5.41) is 1.06. The van der Waals surface area contributed by atoms with Gasteiger partial charge in [0.2, 0.25) is 11.2 Å². The maximum absolute atomic E-state index is 13.0. The van der Waals surface area contributed by atoms with Crippen LogP contribution in [-0.2, 0) is 0 Å². The summed E-state index contributed by atoms with van der Waals surface area (Å²) in [5.74, 6) is -0.810. The predicted molar refractivity (Wildman–Crippen MR) is 109 cm³/mol. The highest BCUT2D eigenvalue weighted by atomic mass is 35.5. The Morgan fingerprint density at radius 3 is 2.29 bits per heavy atom. The zero-order chi connectivity index (χ0) is 19.7. The summed E-state index contributed by atoms with van der Waals surface area (Å²) in [6.07, 6.45) is 0. The molecule has 0 spiro atoms. The lowest BCUT2D eigenvalue weighted by molar-refractivity contribution is 0.0731. The third-order valence-corrected chi connectivity index (χ3v) is 4.73. The topological polar surface area (TPSA) is 56.5 Å². The van der Waals surface area contributed by atoms with E-state index < -0.39 is 11.4 Å². The smallest absolute Gasteiger partial charge is 0.345 e. The molecule has 0 amide bonds. The fourth-order valence-corrected chi connectivity index (χ4v) is 3.12. The van der Waals surface area contributed by atoms with Crippen molar-refractivity contribution in [1.29, 1.82) is 0 Å². The number of esters is 1. The molecule has 0 radical (unpaired) electrons. The van der Waals surface area contributed by atoms with E-state index in [1.807, 2.05) is 0 Å². The van der Waals surface area contributed by atoms with Crippen molar-refractivity contribution in [3.63, 3.8) is 0 Å². The molecular weight excluding hydrogens is 399 g/mol. The lowest BCUT2D eigenvalue weighted by Crippen LogP contribution is -2.16. The van der Waals surface area contributed by atoms with Crippen LogP contribution in [-0.4, -0.2) is 5.97 Å². The molecule has 1 aromatic heterocycles. The average Bonchev–Trinajstić information content (AvgIpc) is 2.71. The molecule has 28 heavy (non-hydrogen) atoms. The molecule has 0 bridgehead atoms. The maximum Gasteiger partial charge on any atom is 0.345 e. The van der Waals surface area contributed by atoms with Gasteiger partial charge in [-0.05, 0) is 48.5 Å². The summed E-state index contributed by atoms with van der Waals surface area (Å²) in [6.45, 7) is 0. The first kappa shape index (κ1) is 18.3. The van der Waals surface area contributed by atoms with Crippen LogP contribution < -0.4 is 10.2 Å². The molecule has 4 aromatic rings. The summed E-state index contributed by atoms with van der Waals surface area (Å²) in [7, 11) is 0. The molecule has 0 saturated carbocycles. The average molecular weight is 411 g/mol. The van der Waals surface area contributed by atoms with E-state index in [1.165, 1.54) is 6.07 Å². The first-order chi connectivity index (χ1) is 13.5. The number of rotatable bonds is 3. The zero-order valence-electron chi connectivity index (χ0n) is 14.3. The van der Waals surface area contributed by atoms with E-state index >= 15 is 0 Å². The number of benzene rings is 3. The predicted octanol–water partition coefficient (Wildman–Crippen LogP) is 5.99. The van der Waals surface area contributed by atoms with Crippen molar-refractivity contribution in [2.75, 3.05) is 0 Å². The lowest BCUT2D eigenvalue weighted by atomic mass is 10.1. The molecule has 1 heterocycles. The van der Waals surface area contributed by atoms with Crippen LogP contribution in [0.15, 0.2) is 82.0 Å². The molecule has 0 N–H and O–H groups in total. The van der Waals surface area contributed by atoms with Crippen LogP contribution in [0, 0.1) is 0 Å². The number of hydrogen-bond acceptors (Lipinski definition) is 4. The standard InChI is InChI=1S/C22H12Cl2O4/c23-14-11-9-13(10-12-14)20-21(19(25)16-6-2-4-8-18(16)27-20)28-22(26)15-5-1-3-7-17(15)24/h1-12H. The van der Waals surface area contributed by atoms with E-state index in [1.54, 1.807) is 66.7 Å². The van der Waals surface area contributed by atoms with Gasteiger partial charge in [-0.2, -0.15) is 0 Å². The highest BCUT2D eigenvalue weighted by molar-refractivity contribution is 6.33. The minimum Gasteiger partial charge on any atom is -0.452 e. The summed E-state index contributed by atoms with van der Waals surface area (Å²) in [4.78, 5) is 25.7. The Kier molecular flexibility index (Phi) is 4.90. The highest BCUT2D eigenvalue weighted by Crippen LogP contribution is 2.32. The van der Waals surface area contributed by atoms with Crippen LogP contribution in [0.1, 0.15) is 10.4 Å². The third-order valence-electron chi connectivity index (χ3n) is 4.15. The van der Waals surface area contributed by atoms with Gasteiger partial charge in [0.25, 0.3) is 0 Å². The van der Waals surface area contributed by atoms with Crippen molar-refractivity contribution >= 4 is 40.1 Å². The van der Waals surface area contributed by atoms with E-state index in [-0.39, 0.29) is 22.1 Å². The monoisotopic (exact) mass is 410 g/mol. The molecule has 0 unspecified atom stereocenters. The van der Waals surface area contributed by atoms with Crippen molar-refractivity contribution in [3.05, 3.63) is 98.6 Å². The molecular formula is C22H12Cl2O4. The molecule has 0 saturated heterocycles. The Morgan fingerprint density at radius 1 is 0.857 bits per heavy atom. The molecule has 0 aliphatic heterocycles. The zero-order valence-corrected chi connectivity index (χ0v) is 15.8. The Hall–Kier alpha value is -3.08. The van der Waals surface area contributed by atoms with Gasteiger partial charge < -0.3 is 9.15 Å². The maximum atomic E-state index is 13.0. The van der Waals surface area contributed by atoms with Gasteiger partial charge in [-0.15, -0.1) is 0 Å². The van der Waals surface area contributed by atoms with E-state index in [0.29, 0.717) is 21.6 Å². The Balaban J connectivity index is 1.90. The Bertz CT molecular complexity index is 1240. The summed E-state index contributed by atoms with van der Waals surface area (Å²) < 4.78 is 11.4. The minimum absolute atomic E-state index is 0.140. The van der Waals surface area contributed by atoms with Gasteiger partial charge in [-0.25, -0.2) is 4.79 Å². The Morgan fingerprint density at radius 2 is 1.54 bits per heavy atom. The first-order valence-electron chi connectivity index (χ1n) is 8.33. The van der Waals surface area contributed by atoms with Crippen LogP contribution in [0.4, 0.5) is 0 Å².